The molecule has 0 saturated carbocycles. The minimum Gasteiger partial charge on any atom is -0.451 e. The first-order valence-electron chi connectivity index (χ1n) is 6.12. The van der Waals surface area contributed by atoms with Gasteiger partial charge in [-0.2, -0.15) is 5.10 Å². The third-order valence-electron chi connectivity index (χ3n) is 3.28. The molecule has 0 bridgehead atoms. The molecule has 2 aromatic heterocycles. The lowest BCUT2D eigenvalue weighted by molar-refractivity contribution is -0.125. The van der Waals surface area contributed by atoms with Crippen LogP contribution in [-0.4, -0.2) is 45.1 Å². The number of likely N-dealkylation sites (N-methyl/N-ethyl adjacent to an activating group) is 1. The van der Waals surface area contributed by atoms with Crippen molar-refractivity contribution in [3.8, 4) is 0 Å². The number of carbonyl (C=O) groups is 2. The smallest absolute Gasteiger partial charge is 0.276 e. The first kappa shape index (κ1) is 12.4. The topological polar surface area (TPSA) is 93.3 Å². The third kappa shape index (κ3) is 1.94. The van der Waals surface area contributed by atoms with Gasteiger partial charge in [0.05, 0.1) is 18.8 Å². The number of aromatic nitrogens is 3. The fourth-order valence-corrected chi connectivity index (χ4v) is 2.29. The van der Waals surface area contributed by atoms with E-state index in [2.05, 4.69) is 15.4 Å². The number of nitrogens with zero attached hydrogens (tertiary/aromatic N) is 4. The number of hydrogen-bond acceptors (Lipinski definition) is 5. The lowest BCUT2D eigenvalue weighted by Crippen LogP contribution is -2.46. The van der Waals surface area contributed by atoms with Crippen molar-refractivity contribution in [2.45, 2.75) is 12.6 Å². The van der Waals surface area contributed by atoms with Crippen LogP contribution in [-0.2, 0) is 11.3 Å². The van der Waals surface area contributed by atoms with Crippen molar-refractivity contribution in [2.75, 3.05) is 13.6 Å². The monoisotopic (exact) mass is 275 g/mol. The maximum atomic E-state index is 12.3. The van der Waals surface area contributed by atoms with E-state index in [4.69, 9.17) is 4.42 Å². The average Bonchev–Trinajstić information content (AvgIpc) is 3.15. The lowest BCUT2D eigenvalue weighted by Gasteiger charge is -2.32. The van der Waals surface area contributed by atoms with Crippen LogP contribution in [0.1, 0.15) is 22.2 Å². The Kier molecular flexibility index (Phi) is 2.97. The number of carbonyl (C=O) groups excluding carboxylic acids is 2. The van der Waals surface area contributed by atoms with E-state index in [-0.39, 0.29) is 24.1 Å². The van der Waals surface area contributed by atoms with Crippen LogP contribution in [0.5, 0.6) is 0 Å². The van der Waals surface area contributed by atoms with E-state index >= 15 is 0 Å². The number of fused-ring (bicyclic) bond motifs is 1. The van der Waals surface area contributed by atoms with Crippen LogP contribution in [0.3, 0.4) is 0 Å². The largest absolute Gasteiger partial charge is 0.451 e. The zero-order valence-corrected chi connectivity index (χ0v) is 10.8. The Labute approximate surface area is 114 Å². The second-order valence-corrected chi connectivity index (χ2v) is 4.46. The van der Waals surface area contributed by atoms with Gasteiger partial charge >= 0.3 is 0 Å². The molecule has 0 aliphatic carbocycles. The Morgan fingerprint density at radius 1 is 1.50 bits per heavy atom. The molecule has 20 heavy (non-hydrogen) atoms. The fraction of sp³-hybridized carbons (Fsp3) is 0.333. The Balaban J connectivity index is 1.90. The molecule has 2 aromatic rings. The number of amides is 2. The summed E-state index contributed by atoms with van der Waals surface area (Å²) in [5.41, 5.74) is 1.04. The van der Waals surface area contributed by atoms with Gasteiger partial charge in [-0.1, -0.05) is 0 Å². The summed E-state index contributed by atoms with van der Waals surface area (Å²) in [4.78, 5) is 29.6. The summed E-state index contributed by atoms with van der Waals surface area (Å²) in [6.07, 6.45) is 4.12. The Morgan fingerprint density at radius 3 is 3.05 bits per heavy atom. The molecule has 1 atom stereocenters. The summed E-state index contributed by atoms with van der Waals surface area (Å²) in [7, 11) is 1.56. The highest BCUT2D eigenvalue weighted by Crippen LogP contribution is 2.21. The van der Waals surface area contributed by atoms with Gasteiger partial charge < -0.3 is 14.6 Å². The summed E-state index contributed by atoms with van der Waals surface area (Å²) in [6.45, 7) is 0.638. The molecule has 0 saturated heterocycles. The maximum Gasteiger partial charge on any atom is 0.276 e. The third-order valence-corrected chi connectivity index (χ3v) is 3.28. The van der Waals surface area contributed by atoms with Crippen molar-refractivity contribution >= 4 is 11.8 Å². The van der Waals surface area contributed by atoms with Gasteiger partial charge in [-0.05, 0) is 6.07 Å². The van der Waals surface area contributed by atoms with Gasteiger partial charge in [0, 0.05) is 13.2 Å². The van der Waals surface area contributed by atoms with Gasteiger partial charge in [0.1, 0.15) is 12.3 Å². The molecule has 104 valence electrons. The Bertz CT molecular complexity index is 633. The molecule has 0 radical (unpaired) electrons. The molecule has 1 N–H and O–H groups in total. The summed E-state index contributed by atoms with van der Waals surface area (Å²) >= 11 is 0. The molecule has 3 rings (SSSR count). The molecule has 2 amide bonds. The van der Waals surface area contributed by atoms with Crippen molar-refractivity contribution in [1.82, 2.24) is 25.0 Å². The van der Waals surface area contributed by atoms with E-state index in [1.807, 2.05) is 0 Å². The van der Waals surface area contributed by atoms with Gasteiger partial charge in [-0.15, -0.1) is 0 Å². The van der Waals surface area contributed by atoms with Gasteiger partial charge in [0.2, 0.25) is 5.91 Å². The second kappa shape index (κ2) is 4.80. The van der Waals surface area contributed by atoms with Crippen LogP contribution in [0.2, 0.25) is 0 Å². The van der Waals surface area contributed by atoms with Crippen molar-refractivity contribution in [2.24, 2.45) is 0 Å². The summed E-state index contributed by atoms with van der Waals surface area (Å²) in [5.74, 6) is -0.451. The predicted octanol–water partition coefficient (Wildman–Crippen LogP) is -0.186. The van der Waals surface area contributed by atoms with Gasteiger partial charge in [0.15, 0.2) is 12.1 Å². The van der Waals surface area contributed by atoms with Crippen molar-refractivity contribution in [3.63, 3.8) is 0 Å². The second-order valence-electron chi connectivity index (χ2n) is 4.46. The fourth-order valence-electron chi connectivity index (χ4n) is 2.29. The van der Waals surface area contributed by atoms with Crippen LogP contribution >= 0.6 is 0 Å². The van der Waals surface area contributed by atoms with Crippen molar-refractivity contribution in [3.05, 3.63) is 36.3 Å². The SMILES string of the molecule is CNC(=O)[C@H]1CN(C(=O)c2cocn2)Cc2ccnn21. The number of oxazole rings is 1. The zero-order valence-electron chi connectivity index (χ0n) is 10.8. The maximum absolute atomic E-state index is 12.3. The molecule has 8 heteroatoms. The Morgan fingerprint density at radius 2 is 2.35 bits per heavy atom. The molecule has 1 aliphatic heterocycles. The molecule has 0 aromatic carbocycles. The standard InChI is InChI=1S/C12H13N5O3/c1-13-11(18)10-5-16(4-8-2-3-15-17(8)10)12(19)9-6-20-7-14-9/h2-3,6-7,10H,4-5H2,1H3,(H,13,18)/t10-/m1/s1. The Hall–Kier alpha value is -2.64. The molecule has 1 aliphatic rings. The molecule has 0 unspecified atom stereocenters. The molecule has 8 nitrogen and oxygen atoms in total. The molecule has 3 heterocycles. The quantitative estimate of drug-likeness (QED) is 0.820. The van der Waals surface area contributed by atoms with E-state index < -0.39 is 6.04 Å². The van der Waals surface area contributed by atoms with Crippen LogP contribution in [0.25, 0.3) is 0 Å². The molecular formula is C12H13N5O3. The first-order valence-corrected chi connectivity index (χ1v) is 6.12. The lowest BCUT2D eigenvalue weighted by atomic mass is 10.1. The first-order chi connectivity index (χ1) is 9.70. The molecule has 0 fully saturated rings. The highest BCUT2D eigenvalue weighted by Gasteiger charge is 2.33. The minimum atomic E-state index is -0.533. The van der Waals surface area contributed by atoms with E-state index in [0.717, 1.165) is 5.69 Å². The summed E-state index contributed by atoms with van der Waals surface area (Å²) in [6, 6.07) is 1.26. The highest BCUT2D eigenvalue weighted by atomic mass is 16.3. The number of hydrogen-bond donors (Lipinski definition) is 1. The minimum absolute atomic E-state index is 0.187. The van der Waals surface area contributed by atoms with E-state index in [1.165, 1.54) is 12.7 Å². The van der Waals surface area contributed by atoms with Crippen LogP contribution in [0, 0.1) is 0 Å². The predicted molar refractivity (Wildman–Crippen MR) is 66.6 cm³/mol. The van der Waals surface area contributed by atoms with E-state index in [0.29, 0.717) is 6.54 Å². The summed E-state index contributed by atoms with van der Waals surface area (Å²) < 4.78 is 6.47. The van der Waals surface area contributed by atoms with Crippen molar-refractivity contribution in [1.29, 1.82) is 0 Å². The van der Waals surface area contributed by atoms with Crippen LogP contribution in [0.4, 0.5) is 0 Å². The highest BCUT2D eigenvalue weighted by molar-refractivity contribution is 5.92. The average molecular weight is 275 g/mol. The van der Waals surface area contributed by atoms with E-state index in [1.54, 1.807) is 28.9 Å². The number of nitrogens with one attached hydrogen (secondary N) is 1. The zero-order chi connectivity index (χ0) is 14.1. The normalized spacial score (nSPS) is 17.6. The van der Waals surface area contributed by atoms with Gasteiger partial charge in [0.25, 0.3) is 5.91 Å². The van der Waals surface area contributed by atoms with Gasteiger partial charge in [-0.25, -0.2) is 4.98 Å². The van der Waals surface area contributed by atoms with E-state index in [9.17, 15) is 9.59 Å². The molecule has 0 spiro atoms. The van der Waals surface area contributed by atoms with Crippen molar-refractivity contribution < 1.29 is 14.0 Å². The number of rotatable bonds is 2. The van der Waals surface area contributed by atoms with Crippen LogP contribution < -0.4 is 5.32 Å². The van der Waals surface area contributed by atoms with Gasteiger partial charge in [-0.3, -0.25) is 14.3 Å². The van der Waals surface area contributed by atoms with Crippen LogP contribution in [0.15, 0.2) is 29.3 Å². The summed E-state index contributed by atoms with van der Waals surface area (Å²) in [5, 5.41) is 6.74. The molecular weight excluding hydrogens is 262 g/mol.